The minimum Gasteiger partial charge on any atom is -0.342 e. The van der Waals surface area contributed by atoms with Gasteiger partial charge in [0.15, 0.2) is 5.65 Å². The minimum absolute atomic E-state index is 0.511. The highest BCUT2D eigenvalue weighted by molar-refractivity contribution is 5.68. The van der Waals surface area contributed by atoms with Gasteiger partial charge in [0.1, 0.15) is 5.52 Å². The first kappa shape index (κ1) is 6.80. The Hall–Kier alpha value is -1.89. The van der Waals surface area contributed by atoms with Gasteiger partial charge in [-0.3, -0.25) is 0 Å². The molecule has 0 unspecified atom stereocenters. The van der Waals surface area contributed by atoms with Gasteiger partial charge in [0, 0.05) is 0 Å². The van der Waals surface area contributed by atoms with Crippen LogP contribution in [0, 0.1) is 11.8 Å². The average Bonchev–Trinajstić information content (AvgIpc) is 2.51. The number of hydrogen-bond donors (Lipinski definition) is 1. The highest BCUT2D eigenvalue weighted by atomic mass is 15.0. The second-order valence-electron chi connectivity index (χ2n) is 2.21. The summed E-state index contributed by atoms with van der Waals surface area (Å²) in [6, 6.07) is 0. The topological polar surface area (TPSA) is 54.5 Å². The molecule has 2 rings (SSSR count). The van der Waals surface area contributed by atoms with Crippen molar-refractivity contribution in [2.45, 2.75) is 6.92 Å². The third kappa shape index (κ3) is 1.01. The van der Waals surface area contributed by atoms with Crippen molar-refractivity contribution in [3.05, 3.63) is 18.3 Å². The number of fused-ring (bicyclic) bond motifs is 1. The van der Waals surface area contributed by atoms with Crippen molar-refractivity contribution in [1.29, 1.82) is 0 Å². The van der Waals surface area contributed by atoms with Crippen molar-refractivity contribution in [3.63, 3.8) is 0 Å². The van der Waals surface area contributed by atoms with Crippen molar-refractivity contribution >= 4 is 11.2 Å². The lowest BCUT2D eigenvalue weighted by Gasteiger charge is -1.87. The van der Waals surface area contributed by atoms with Crippen LogP contribution in [0.4, 0.5) is 0 Å². The Morgan fingerprint density at radius 1 is 1.42 bits per heavy atom. The second kappa shape index (κ2) is 2.62. The predicted molar refractivity (Wildman–Crippen MR) is 44.2 cm³/mol. The monoisotopic (exact) mass is 158 g/mol. The maximum Gasteiger partial charge on any atom is 0.207 e. The number of H-pyrrole nitrogens is 1. The van der Waals surface area contributed by atoms with Gasteiger partial charge in [-0.25, -0.2) is 9.97 Å². The van der Waals surface area contributed by atoms with Gasteiger partial charge in [-0.15, -0.1) is 0 Å². The van der Waals surface area contributed by atoms with E-state index < -0.39 is 0 Å². The van der Waals surface area contributed by atoms with Crippen LogP contribution in [0.15, 0.2) is 12.5 Å². The van der Waals surface area contributed by atoms with Crippen LogP contribution in [-0.4, -0.2) is 19.9 Å². The zero-order chi connectivity index (χ0) is 8.39. The van der Waals surface area contributed by atoms with E-state index in [9.17, 15) is 0 Å². The first-order valence-corrected chi connectivity index (χ1v) is 3.49. The second-order valence-corrected chi connectivity index (χ2v) is 2.21. The maximum absolute atomic E-state index is 4.10. The fourth-order valence-electron chi connectivity index (χ4n) is 0.908. The van der Waals surface area contributed by atoms with Crippen LogP contribution in [-0.2, 0) is 0 Å². The molecule has 1 N–H and O–H groups in total. The van der Waals surface area contributed by atoms with E-state index in [0.29, 0.717) is 11.5 Å². The zero-order valence-corrected chi connectivity index (χ0v) is 6.50. The summed E-state index contributed by atoms with van der Waals surface area (Å²) in [7, 11) is 0. The van der Waals surface area contributed by atoms with E-state index in [1.54, 1.807) is 19.4 Å². The summed E-state index contributed by atoms with van der Waals surface area (Å²) in [6.45, 7) is 1.75. The number of aromatic nitrogens is 4. The molecular formula is C8H6N4. The number of nitrogens with one attached hydrogen (secondary N) is 1. The van der Waals surface area contributed by atoms with Gasteiger partial charge in [-0.05, 0) is 12.8 Å². The van der Waals surface area contributed by atoms with Gasteiger partial charge in [0.25, 0.3) is 0 Å². The average molecular weight is 158 g/mol. The molecule has 0 spiro atoms. The highest BCUT2D eigenvalue weighted by Crippen LogP contribution is 2.02. The third-order valence-electron chi connectivity index (χ3n) is 1.41. The lowest BCUT2D eigenvalue weighted by Crippen LogP contribution is -1.88. The minimum atomic E-state index is 0.511. The van der Waals surface area contributed by atoms with Gasteiger partial charge in [-0.2, -0.15) is 4.98 Å². The van der Waals surface area contributed by atoms with Crippen LogP contribution in [0.5, 0.6) is 0 Å². The van der Waals surface area contributed by atoms with E-state index in [2.05, 4.69) is 31.8 Å². The van der Waals surface area contributed by atoms with Gasteiger partial charge in [0.05, 0.1) is 12.5 Å². The lowest BCUT2D eigenvalue weighted by molar-refractivity contribution is 1.16. The Morgan fingerprint density at radius 3 is 3.17 bits per heavy atom. The Bertz CT molecular complexity index is 460. The molecule has 2 aromatic heterocycles. The Kier molecular flexibility index (Phi) is 1.49. The van der Waals surface area contributed by atoms with E-state index in [0.717, 1.165) is 5.52 Å². The van der Waals surface area contributed by atoms with Crippen LogP contribution in [0.25, 0.3) is 11.2 Å². The van der Waals surface area contributed by atoms with Gasteiger partial charge in [0.2, 0.25) is 5.82 Å². The molecule has 4 nitrogen and oxygen atoms in total. The molecule has 12 heavy (non-hydrogen) atoms. The van der Waals surface area contributed by atoms with Gasteiger partial charge >= 0.3 is 0 Å². The molecule has 0 amide bonds. The van der Waals surface area contributed by atoms with E-state index in [-0.39, 0.29) is 0 Å². The molecule has 0 aliphatic rings. The standard InChI is InChI=1S/C8H6N4/c1-2-3-7-9-4-6-8(12-7)11-5-10-6/h4-5H,1H3,(H,9,10,11,12). The van der Waals surface area contributed by atoms with Crippen LogP contribution in [0.1, 0.15) is 12.7 Å². The number of nitrogens with zero attached hydrogens (tertiary/aromatic N) is 3. The number of aromatic amines is 1. The molecule has 0 aliphatic carbocycles. The summed E-state index contributed by atoms with van der Waals surface area (Å²) in [5, 5.41) is 0. The molecule has 0 fully saturated rings. The van der Waals surface area contributed by atoms with Crippen LogP contribution in [0.3, 0.4) is 0 Å². The van der Waals surface area contributed by atoms with Crippen molar-refractivity contribution in [2.24, 2.45) is 0 Å². The summed E-state index contributed by atoms with van der Waals surface area (Å²) in [5.74, 6) is 6.00. The molecular weight excluding hydrogens is 152 g/mol. The maximum atomic E-state index is 4.10. The largest absolute Gasteiger partial charge is 0.342 e. The molecule has 0 aliphatic heterocycles. The van der Waals surface area contributed by atoms with E-state index in [1.165, 1.54) is 0 Å². The first-order valence-electron chi connectivity index (χ1n) is 3.49. The number of hydrogen-bond acceptors (Lipinski definition) is 3. The molecule has 2 aromatic rings. The predicted octanol–water partition coefficient (Wildman–Crippen LogP) is 0.724. The van der Waals surface area contributed by atoms with Gasteiger partial charge < -0.3 is 4.98 Å². The summed E-state index contributed by atoms with van der Waals surface area (Å²) >= 11 is 0. The first-order chi connectivity index (χ1) is 5.90. The lowest BCUT2D eigenvalue weighted by atomic mass is 10.5. The smallest absolute Gasteiger partial charge is 0.207 e. The fourth-order valence-corrected chi connectivity index (χ4v) is 0.908. The molecule has 58 valence electrons. The molecule has 0 saturated heterocycles. The molecule has 2 heterocycles. The number of rotatable bonds is 0. The summed E-state index contributed by atoms with van der Waals surface area (Å²) in [5.41, 5.74) is 1.49. The molecule has 4 heteroatoms. The molecule has 0 radical (unpaired) electrons. The third-order valence-corrected chi connectivity index (χ3v) is 1.41. The van der Waals surface area contributed by atoms with Crippen molar-refractivity contribution in [2.75, 3.05) is 0 Å². The summed E-state index contributed by atoms with van der Waals surface area (Å²) < 4.78 is 0. The van der Waals surface area contributed by atoms with E-state index >= 15 is 0 Å². The zero-order valence-electron chi connectivity index (χ0n) is 6.50. The Labute approximate surface area is 69.1 Å². The van der Waals surface area contributed by atoms with Gasteiger partial charge in [-0.1, -0.05) is 5.92 Å². The van der Waals surface area contributed by atoms with Crippen molar-refractivity contribution in [3.8, 4) is 11.8 Å². The summed E-state index contributed by atoms with van der Waals surface area (Å²) in [6.07, 6.45) is 3.26. The summed E-state index contributed by atoms with van der Waals surface area (Å²) in [4.78, 5) is 15.0. The van der Waals surface area contributed by atoms with Crippen LogP contribution in [0.2, 0.25) is 0 Å². The molecule has 0 saturated carbocycles. The van der Waals surface area contributed by atoms with Crippen molar-refractivity contribution in [1.82, 2.24) is 19.9 Å². The SMILES string of the molecule is CC#Cc1ncc2[nH]cnc2n1. The Morgan fingerprint density at radius 2 is 2.33 bits per heavy atom. The molecule has 0 aromatic carbocycles. The molecule has 0 atom stereocenters. The fraction of sp³-hybridized carbons (Fsp3) is 0.125. The Balaban J connectivity index is 2.65. The van der Waals surface area contributed by atoms with E-state index in [4.69, 9.17) is 0 Å². The van der Waals surface area contributed by atoms with Crippen LogP contribution < -0.4 is 0 Å². The quantitative estimate of drug-likeness (QED) is 0.575. The number of imidazole rings is 1. The van der Waals surface area contributed by atoms with Crippen LogP contribution >= 0.6 is 0 Å². The van der Waals surface area contributed by atoms with Crippen molar-refractivity contribution < 1.29 is 0 Å². The normalized spacial score (nSPS) is 9.42. The highest BCUT2D eigenvalue weighted by Gasteiger charge is 1.97. The molecule has 0 bridgehead atoms. The van der Waals surface area contributed by atoms with E-state index in [1.807, 2.05) is 0 Å².